The molecule has 0 bridgehead atoms. The Morgan fingerprint density at radius 2 is 2.04 bits per heavy atom. The lowest BCUT2D eigenvalue weighted by atomic mass is 9.97. The molecule has 1 aliphatic heterocycles. The second kappa shape index (κ2) is 6.44. The van der Waals surface area contributed by atoms with Gasteiger partial charge in [-0.3, -0.25) is 4.79 Å². The Kier molecular flexibility index (Phi) is 4.65. The van der Waals surface area contributed by atoms with Gasteiger partial charge in [0, 0.05) is 37.4 Å². The number of piperidine rings is 1. The molecule has 0 spiro atoms. The first-order chi connectivity index (χ1) is 11.3. The number of nitrogens with zero attached hydrogens (tertiary/aromatic N) is 3. The minimum absolute atomic E-state index is 0.0929. The summed E-state index contributed by atoms with van der Waals surface area (Å²) in [5, 5.41) is 6.92. The molecule has 134 valence electrons. The predicted octanol–water partition coefficient (Wildman–Crippen LogP) is 0.667. The van der Waals surface area contributed by atoms with E-state index in [0.717, 1.165) is 12.8 Å². The van der Waals surface area contributed by atoms with Gasteiger partial charge in [-0.2, -0.15) is 4.98 Å². The monoisotopic (exact) mass is 356 g/mol. The largest absolute Gasteiger partial charge is 0.355 e. The summed E-state index contributed by atoms with van der Waals surface area (Å²) in [6, 6.07) is 0. The fraction of sp³-hybridized carbons (Fsp3) is 0.800. The molecule has 2 aliphatic rings. The van der Waals surface area contributed by atoms with Gasteiger partial charge in [0.1, 0.15) is 0 Å². The zero-order chi connectivity index (χ0) is 17.4. The Hall–Kier alpha value is -1.48. The highest BCUT2D eigenvalue weighted by Crippen LogP contribution is 2.44. The SMILES string of the molecule is CC1(C(=O)NCCc2nc(C3CCN(S(C)(=O)=O)CC3)no2)CC1. The number of rotatable bonds is 6. The van der Waals surface area contributed by atoms with Crippen LogP contribution in [0.5, 0.6) is 0 Å². The fourth-order valence-electron chi connectivity index (χ4n) is 2.89. The molecule has 8 nitrogen and oxygen atoms in total. The second-order valence-corrected chi connectivity index (χ2v) is 9.03. The van der Waals surface area contributed by atoms with Gasteiger partial charge < -0.3 is 9.84 Å². The molecule has 1 N–H and O–H groups in total. The van der Waals surface area contributed by atoms with E-state index in [9.17, 15) is 13.2 Å². The standard InChI is InChI=1S/C15H24N4O4S/c1-15(6-7-15)14(20)16-8-3-12-17-13(18-23-12)11-4-9-19(10-5-11)24(2,21)22/h11H,3-10H2,1-2H3,(H,16,20). The topological polar surface area (TPSA) is 105 Å². The zero-order valence-electron chi connectivity index (χ0n) is 14.1. The minimum Gasteiger partial charge on any atom is -0.355 e. The van der Waals surface area contributed by atoms with E-state index in [1.54, 1.807) is 0 Å². The zero-order valence-corrected chi connectivity index (χ0v) is 14.9. The Bertz CT molecular complexity index is 703. The van der Waals surface area contributed by atoms with Gasteiger partial charge in [-0.05, 0) is 25.7 Å². The van der Waals surface area contributed by atoms with Gasteiger partial charge >= 0.3 is 0 Å². The summed E-state index contributed by atoms with van der Waals surface area (Å²) in [6.07, 6.45) is 5.04. The van der Waals surface area contributed by atoms with Crippen LogP contribution in [-0.2, 0) is 21.2 Å². The Labute approximate surface area is 142 Å². The molecule has 1 aliphatic carbocycles. The summed E-state index contributed by atoms with van der Waals surface area (Å²) in [7, 11) is -3.12. The van der Waals surface area contributed by atoms with Crippen LogP contribution < -0.4 is 5.32 Å². The van der Waals surface area contributed by atoms with Gasteiger partial charge in [0.25, 0.3) is 0 Å². The first kappa shape index (κ1) is 17.3. The van der Waals surface area contributed by atoms with Crippen molar-refractivity contribution in [2.24, 2.45) is 5.41 Å². The first-order valence-corrected chi connectivity index (χ1v) is 10.2. The number of hydrogen-bond donors (Lipinski definition) is 1. The van der Waals surface area contributed by atoms with Crippen molar-refractivity contribution in [2.45, 2.75) is 44.9 Å². The lowest BCUT2D eigenvalue weighted by Crippen LogP contribution is -2.37. The van der Waals surface area contributed by atoms with Gasteiger partial charge in [0.05, 0.1) is 6.26 Å². The first-order valence-electron chi connectivity index (χ1n) is 8.34. The van der Waals surface area contributed by atoms with E-state index in [2.05, 4.69) is 15.5 Å². The Balaban J connectivity index is 1.46. The van der Waals surface area contributed by atoms with Gasteiger partial charge in [-0.25, -0.2) is 12.7 Å². The maximum atomic E-state index is 11.9. The highest BCUT2D eigenvalue weighted by Gasteiger charge is 2.44. The third-order valence-electron chi connectivity index (χ3n) is 4.94. The molecule has 0 aromatic carbocycles. The normalized spacial score (nSPS) is 21.6. The molecular weight excluding hydrogens is 332 g/mol. The maximum Gasteiger partial charge on any atom is 0.228 e. The molecule has 0 radical (unpaired) electrons. The van der Waals surface area contributed by atoms with Crippen molar-refractivity contribution in [1.29, 1.82) is 0 Å². The van der Waals surface area contributed by atoms with Crippen molar-refractivity contribution in [1.82, 2.24) is 19.8 Å². The highest BCUT2D eigenvalue weighted by molar-refractivity contribution is 7.88. The van der Waals surface area contributed by atoms with Crippen LogP contribution in [0.3, 0.4) is 0 Å². The Morgan fingerprint density at radius 3 is 2.62 bits per heavy atom. The Morgan fingerprint density at radius 1 is 1.38 bits per heavy atom. The number of aromatic nitrogens is 2. The molecule has 1 saturated carbocycles. The van der Waals surface area contributed by atoms with Crippen LogP contribution in [0.2, 0.25) is 0 Å². The van der Waals surface area contributed by atoms with Gasteiger partial charge in [-0.1, -0.05) is 12.1 Å². The van der Waals surface area contributed by atoms with E-state index in [1.165, 1.54) is 10.6 Å². The number of carbonyl (C=O) groups is 1. The molecule has 0 unspecified atom stereocenters. The fourth-order valence-corrected chi connectivity index (χ4v) is 3.77. The molecule has 9 heteroatoms. The number of nitrogens with one attached hydrogen (secondary N) is 1. The molecule has 2 fully saturated rings. The smallest absolute Gasteiger partial charge is 0.228 e. The molecule has 24 heavy (non-hydrogen) atoms. The minimum atomic E-state index is -3.12. The van der Waals surface area contributed by atoms with Crippen LogP contribution in [0.15, 0.2) is 4.52 Å². The van der Waals surface area contributed by atoms with E-state index in [0.29, 0.717) is 50.6 Å². The third kappa shape index (κ3) is 3.94. The molecule has 1 amide bonds. The van der Waals surface area contributed by atoms with Crippen molar-refractivity contribution in [3.63, 3.8) is 0 Å². The van der Waals surface area contributed by atoms with Crippen molar-refractivity contribution in [2.75, 3.05) is 25.9 Å². The van der Waals surface area contributed by atoms with E-state index in [1.807, 2.05) is 6.92 Å². The number of sulfonamides is 1. The lowest BCUT2D eigenvalue weighted by Gasteiger charge is -2.28. The van der Waals surface area contributed by atoms with Crippen LogP contribution in [0.4, 0.5) is 0 Å². The van der Waals surface area contributed by atoms with Crippen LogP contribution in [-0.4, -0.2) is 54.7 Å². The molecule has 3 rings (SSSR count). The second-order valence-electron chi connectivity index (χ2n) is 7.05. The molecule has 0 atom stereocenters. The quantitative estimate of drug-likeness (QED) is 0.803. The van der Waals surface area contributed by atoms with Crippen LogP contribution in [0, 0.1) is 5.41 Å². The highest BCUT2D eigenvalue weighted by atomic mass is 32.2. The number of carbonyl (C=O) groups excluding carboxylic acids is 1. The molecular formula is C15H24N4O4S. The van der Waals surface area contributed by atoms with Crippen LogP contribution >= 0.6 is 0 Å². The molecule has 1 saturated heterocycles. The van der Waals surface area contributed by atoms with Crippen LogP contribution in [0.25, 0.3) is 0 Å². The van der Waals surface area contributed by atoms with E-state index in [4.69, 9.17) is 4.52 Å². The summed E-state index contributed by atoms with van der Waals surface area (Å²) in [5.74, 6) is 1.37. The lowest BCUT2D eigenvalue weighted by molar-refractivity contribution is -0.125. The van der Waals surface area contributed by atoms with Gasteiger partial charge in [0.2, 0.25) is 21.8 Å². The molecule has 1 aromatic heterocycles. The number of hydrogen-bond acceptors (Lipinski definition) is 6. The predicted molar refractivity (Wildman–Crippen MR) is 86.7 cm³/mol. The van der Waals surface area contributed by atoms with Crippen molar-refractivity contribution >= 4 is 15.9 Å². The van der Waals surface area contributed by atoms with Gasteiger partial charge in [-0.15, -0.1) is 0 Å². The summed E-state index contributed by atoms with van der Waals surface area (Å²) < 4.78 is 29.8. The van der Waals surface area contributed by atoms with Crippen molar-refractivity contribution in [3.8, 4) is 0 Å². The van der Waals surface area contributed by atoms with Crippen LogP contribution in [0.1, 0.15) is 50.2 Å². The van der Waals surface area contributed by atoms with E-state index in [-0.39, 0.29) is 17.2 Å². The van der Waals surface area contributed by atoms with Crippen molar-refractivity contribution in [3.05, 3.63) is 11.7 Å². The molecule has 1 aromatic rings. The summed E-state index contributed by atoms with van der Waals surface area (Å²) in [6.45, 7) is 3.43. The van der Waals surface area contributed by atoms with Gasteiger partial charge in [0.15, 0.2) is 5.82 Å². The average molecular weight is 356 g/mol. The van der Waals surface area contributed by atoms with E-state index >= 15 is 0 Å². The number of amides is 1. The maximum absolute atomic E-state index is 11.9. The summed E-state index contributed by atoms with van der Waals surface area (Å²) >= 11 is 0. The van der Waals surface area contributed by atoms with E-state index < -0.39 is 10.0 Å². The average Bonchev–Trinajstić information content (AvgIpc) is 3.11. The molecule has 2 heterocycles. The summed E-state index contributed by atoms with van der Waals surface area (Å²) in [4.78, 5) is 16.2. The third-order valence-corrected chi connectivity index (χ3v) is 6.25. The summed E-state index contributed by atoms with van der Waals surface area (Å²) in [5.41, 5.74) is -0.173. The van der Waals surface area contributed by atoms with Crippen molar-refractivity contribution < 1.29 is 17.7 Å².